The van der Waals surface area contributed by atoms with E-state index in [0.29, 0.717) is 39.0 Å². The first-order valence-corrected chi connectivity index (χ1v) is 15.9. The van der Waals surface area contributed by atoms with E-state index in [1.165, 1.54) is 0 Å². The number of guanidine groups is 1. The third-order valence-electron chi connectivity index (χ3n) is 7.32. The number of likely N-dealkylation sites (tertiary alicyclic amines) is 1. The summed E-state index contributed by atoms with van der Waals surface area (Å²) < 4.78 is 36.1. The van der Waals surface area contributed by atoms with Gasteiger partial charge in [-0.25, -0.2) is 8.42 Å². The lowest BCUT2D eigenvalue weighted by atomic mass is 9.89. The second-order valence-electron chi connectivity index (χ2n) is 11.5. The van der Waals surface area contributed by atoms with Gasteiger partial charge in [0.05, 0.1) is 17.4 Å². The minimum atomic E-state index is -4.08. The highest BCUT2D eigenvalue weighted by atomic mass is 32.2. The maximum Gasteiger partial charge on any atom is 0.309 e. The van der Waals surface area contributed by atoms with Crippen LogP contribution < -0.4 is 16.2 Å². The Labute approximate surface area is 247 Å². The van der Waals surface area contributed by atoms with E-state index in [1.807, 2.05) is 39.8 Å². The van der Waals surface area contributed by atoms with Gasteiger partial charge in [0.25, 0.3) is 0 Å². The number of nitrogens with two attached hydrogens (primary N) is 2. The van der Waals surface area contributed by atoms with Crippen molar-refractivity contribution in [3.05, 3.63) is 28.8 Å². The molecule has 41 heavy (non-hydrogen) atoms. The second-order valence-corrected chi connectivity index (χ2v) is 13.1. The molecule has 0 saturated carbocycles. The van der Waals surface area contributed by atoms with Crippen molar-refractivity contribution in [2.24, 2.45) is 22.4 Å². The third kappa shape index (κ3) is 9.99. The summed E-state index contributed by atoms with van der Waals surface area (Å²) in [4.78, 5) is 31.8. The Morgan fingerprint density at radius 2 is 1.56 bits per heavy atom. The zero-order chi connectivity index (χ0) is 30.2. The van der Waals surface area contributed by atoms with Crippen molar-refractivity contribution < 1.29 is 22.7 Å². The SMILES string of the molecule is C.CCOC(=O)C1CCN(C(=O)[C@H](CCCN=C(N)N)NS(=O)(=O)c2c(C(C)C)cc(C(C)C)cc2C(C)C)CC1. The van der Waals surface area contributed by atoms with Crippen LogP contribution >= 0.6 is 0 Å². The van der Waals surface area contributed by atoms with Crippen molar-refractivity contribution in [3.8, 4) is 0 Å². The number of amides is 1. The van der Waals surface area contributed by atoms with Gasteiger partial charge >= 0.3 is 5.97 Å². The molecule has 0 radical (unpaired) electrons. The van der Waals surface area contributed by atoms with Crippen LogP contribution in [0.5, 0.6) is 0 Å². The van der Waals surface area contributed by atoms with Gasteiger partial charge in [0, 0.05) is 19.6 Å². The second kappa shape index (κ2) is 16.1. The van der Waals surface area contributed by atoms with Crippen LogP contribution in [0.25, 0.3) is 0 Å². The van der Waals surface area contributed by atoms with Crippen LogP contribution in [0.15, 0.2) is 22.0 Å². The van der Waals surface area contributed by atoms with Gasteiger partial charge < -0.3 is 21.1 Å². The van der Waals surface area contributed by atoms with Gasteiger partial charge in [-0.1, -0.05) is 61.1 Å². The number of nitrogens with one attached hydrogen (secondary N) is 1. The summed E-state index contributed by atoms with van der Waals surface area (Å²) in [7, 11) is -4.08. The lowest BCUT2D eigenvalue weighted by molar-refractivity contribution is -0.151. The molecule has 1 heterocycles. The standard InChI is InChI=1S/C29H49N5O5S.CH4/c1-8-39-28(36)21-11-14-34(15-12-21)27(35)25(10-9-13-32-29(30)31)33-40(37,38)26-23(19(4)5)16-22(18(2)3)17-24(26)20(6)7;/h16-21,25,33H,8-15H2,1-7H3,(H4,30,31,32);1H4/t25-;/m0./s1. The molecular formula is C30H53N5O5S. The van der Waals surface area contributed by atoms with E-state index in [2.05, 4.69) is 23.6 Å². The topological polar surface area (TPSA) is 157 Å². The van der Waals surface area contributed by atoms with Gasteiger partial charge in [-0.3, -0.25) is 14.6 Å². The highest BCUT2D eigenvalue weighted by Gasteiger charge is 2.35. The van der Waals surface area contributed by atoms with Gasteiger partial charge in [0.2, 0.25) is 15.9 Å². The maximum atomic E-state index is 14.1. The average Bonchev–Trinajstić information content (AvgIpc) is 2.89. The fourth-order valence-electron chi connectivity index (χ4n) is 5.00. The number of sulfonamides is 1. The normalized spacial score (nSPS) is 15.1. The molecule has 1 aromatic rings. The Hall–Kier alpha value is -2.66. The number of carbonyl (C=O) groups excluding carboxylic acids is 2. The zero-order valence-corrected chi connectivity index (χ0v) is 26.0. The Balaban J connectivity index is 0.00000840. The van der Waals surface area contributed by atoms with E-state index < -0.39 is 16.1 Å². The van der Waals surface area contributed by atoms with E-state index in [0.717, 1.165) is 16.7 Å². The Kier molecular flexibility index (Phi) is 14.3. The summed E-state index contributed by atoms with van der Waals surface area (Å²) in [5.74, 6) is -0.730. The Bertz CT molecular complexity index is 1120. The lowest BCUT2D eigenvalue weighted by Gasteiger charge is -2.34. The van der Waals surface area contributed by atoms with Crippen LogP contribution in [0.1, 0.15) is 116 Å². The van der Waals surface area contributed by atoms with E-state index in [4.69, 9.17) is 16.2 Å². The van der Waals surface area contributed by atoms with E-state index in [9.17, 15) is 18.0 Å². The molecule has 2 rings (SSSR count). The number of benzene rings is 1. The Morgan fingerprint density at radius 3 is 2.00 bits per heavy atom. The molecule has 10 nitrogen and oxygen atoms in total. The summed E-state index contributed by atoms with van der Waals surface area (Å²) in [5, 5.41) is 0. The van der Waals surface area contributed by atoms with Crippen molar-refractivity contribution >= 4 is 27.9 Å². The third-order valence-corrected chi connectivity index (χ3v) is 8.92. The fourth-order valence-corrected chi connectivity index (χ4v) is 6.92. The van der Waals surface area contributed by atoms with Crippen molar-refractivity contribution in [1.29, 1.82) is 0 Å². The molecule has 234 valence electrons. The highest BCUT2D eigenvalue weighted by Crippen LogP contribution is 2.35. The van der Waals surface area contributed by atoms with Gasteiger partial charge in [-0.2, -0.15) is 4.72 Å². The number of hydrogen-bond acceptors (Lipinski definition) is 6. The smallest absolute Gasteiger partial charge is 0.309 e. The van der Waals surface area contributed by atoms with Crippen LogP contribution in [0.3, 0.4) is 0 Å². The quantitative estimate of drug-likeness (QED) is 0.133. The van der Waals surface area contributed by atoms with Gasteiger partial charge in [-0.05, 0) is 67.1 Å². The molecule has 0 aliphatic carbocycles. The minimum Gasteiger partial charge on any atom is -0.466 e. The maximum absolute atomic E-state index is 14.1. The number of piperidine rings is 1. The van der Waals surface area contributed by atoms with E-state index in [-0.39, 0.29) is 66.8 Å². The van der Waals surface area contributed by atoms with Gasteiger partial charge in [0.15, 0.2) is 5.96 Å². The molecule has 1 aromatic carbocycles. The highest BCUT2D eigenvalue weighted by molar-refractivity contribution is 7.89. The first kappa shape index (κ1) is 36.4. The van der Waals surface area contributed by atoms with Gasteiger partial charge in [-0.15, -0.1) is 0 Å². The molecule has 1 atom stereocenters. The summed E-state index contributed by atoms with van der Waals surface area (Å²) in [6.45, 7) is 15.2. The fraction of sp³-hybridized carbons (Fsp3) is 0.700. The van der Waals surface area contributed by atoms with E-state index in [1.54, 1.807) is 11.8 Å². The summed E-state index contributed by atoms with van der Waals surface area (Å²) >= 11 is 0. The first-order chi connectivity index (χ1) is 18.7. The number of rotatable bonds is 13. The van der Waals surface area contributed by atoms with E-state index >= 15 is 0 Å². The van der Waals surface area contributed by atoms with Crippen LogP contribution in [-0.4, -0.2) is 63.4 Å². The molecule has 1 amide bonds. The van der Waals surface area contributed by atoms with Crippen LogP contribution in [-0.2, 0) is 24.3 Å². The zero-order valence-electron chi connectivity index (χ0n) is 25.2. The van der Waals surface area contributed by atoms with Crippen molar-refractivity contribution in [1.82, 2.24) is 9.62 Å². The molecule has 1 aliphatic heterocycles. The summed E-state index contributed by atoms with van der Waals surface area (Å²) in [5.41, 5.74) is 13.5. The van der Waals surface area contributed by atoms with Crippen molar-refractivity contribution in [2.75, 3.05) is 26.2 Å². The molecule has 0 bridgehead atoms. The van der Waals surface area contributed by atoms with Crippen LogP contribution in [0.2, 0.25) is 0 Å². The molecule has 5 N–H and O–H groups in total. The average molecular weight is 596 g/mol. The predicted octanol–water partition coefficient (Wildman–Crippen LogP) is 4.20. The summed E-state index contributed by atoms with van der Waals surface area (Å²) in [6.07, 6.45) is 1.59. The number of esters is 1. The molecule has 1 fully saturated rings. The molecule has 1 aliphatic rings. The number of hydrogen-bond donors (Lipinski definition) is 3. The van der Waals surface area contributed by atoms with Gasteiger partial charge in [0.1, 0.15) is 6.04 Å². The lowest BCUT2D eigenvalue weighted by Crippen LogP contribution is -2.51. The number of carbonyl (C=O) groups is 2. The molecule has 1 saturated heterocycles. The molecule has 0 aromatic heterocycles. The minimum absolute atomic E-state index is 0. The van der Waals surface area contributed by atoms with Crippen LogP contribution in [0.4, 0.5) is 0 Å². The predicted molar refractivity (Wildman–Crippen MR) is 165 cm³/mol. The first-order valence-electron chi connectivity index (χ1n) is 14.4. The number of nitrogens with zero attached hydrogens (tertiary/aromatic N) is 2. The molecule has 0 unspecified atom stereocenters. The monoisotopic (exact) mass is 595 g/mol. The van der Waals surface area contributed by atoms with Crippen LogP contribution in [0, 0.1) is 5.92 Å². The molecule has 0 spiro atoms. The molecular weight excluding hydrogens is 542 g/mol. The largest absolute Gasteiger partial charge is 0.466 e. The number of ether oxygens (including phenoxy) is 1. The van der Waals surface area contributed by atoms with Crippen molar-refractivity contribution in [2.45, 2.75) is 110 Å². The molecule has 11 heteroatoms. The number of aliphatic imine (C=N–C) groups is 1. The van der Waals surface area contributed by atoms with Crippen molar-refractivity contribution in [3.63, 3.8) is 0 Å². The Morgan fingerprint density at radius 1 is 1.02 bits per heavy atom. The summed E-state index contributed by atoms with van der Waals surface area (Å²) in [6, 6.07) is 2.96.